The highest BCUT2D eigenvalue weighted by Gasteiger charge is 2.36. The molecule has 10 nitrogen and oxygen atoms in total. The van der Waals surface area contributed by atoms with Crippen LogP contribution in [0.25, 0.3) is 17.4 Å². The fourth-order valence-corrected chi connectivity index (χ4v) is 3.98. The van der Waals surface area contributed by atoms with E-state index in [1.807, 2.05) is 0 Å². The molecule has 0 unspecified atom stereocenters. The van der Waals surface area contributed by atoms with Gasteiger partial charge in [0.1, 0.15) is 17.3 Å². The van der Waals surface area contributed by atoms with E-state index in [1.54, 1.807) is 25.1 Å². The number of furan rings is 2. The fraction of sp³-hybridized carbons (Fsp3) is 0.136. The third-order valence-electron chi connectivity index (χ3n) is 4.83. The predicted octanol–water partition coefficient (Wildman–Crippen LogP) is 4.78. The van der Waals surface area contributed by atoms with E-state index < -0.39 is 22.0 Å². The number of imide groups is 1. The lowest BCUT2D eigenvalue weighted by Gasteiger charge is -2.09. The largest absolute Gasteiger partial charge is 0.463 e. The van der Waals surface area contributed by atoms with Gasteiger partial charge in [-0.3, -0.25) is 24.6 Å². The molecule has 0 radical (unpaired) electrons. The number of ether oxygens (including phenoxy) is 1. The summed E-state index contributed by atoms with van der Waals surface area (Å²) in [5.41, 5.74) is 1.27. The normalized spacial score (nSPS) is 14.8. The number of thioether (sulfide) groups is 1. The zero-order valence-electron chi connectivity index (χ0n) is 17.4. The number of hydrogen-bond acceptors (Lipinski definition) is 9. The van der Waals surface area contributed by atoms with Crippen molar-refractivity contribution in [1.82, 2.24) is 4.90 Å². The van der Waals surface area contributed by atoms with Crippen LogP contribution >= 0.6 is 11.8 Å². The molecule has 0 atom stereocenters. The van der Waals surface area contributed by atoms with Gasteiger partial charge in [0.15, 0.2) is 0 Å². The van der Waals surface area contributed by atoms with Gasteiger partial charge < -0.3 is 13.6 Å². The molecular formula is C22H16N2O8S. The van der Waals surface area contributed by atoms with E-state index in [9.17, 15) is 24.5 Å². The molecule has 0 saturated carbocycles. The SMILES string of the molecule is COC(=O)c1ccc(CN2C(=O)S/C(=C/c3ccc(-c4cc([N+](=O)[O-])ccc4C)o3)C2=O)o1. The van der Waals surface area contributed by atoms with Gasteiger partial charge in [-0.15, -0.1) is 0 Å². The summed E-state index contributed by atoms with van der Waals surface area (Å²) in [4.78, 5) is 48.3. The van der Waals surface area contributed by atoms with Crippen LogP contribution in [0.5, 0.6) is 0 Å². The summed E-state index contributed by atoms with van der Waals surface area (Å²) >= 11 is 0.744. The molecule has 1 aromatic carbocycles. The Hall–Kier alpha value is -4.12. The molecule has 2 amide bonds. The Morgan fingerprint density at radius 2 is 1.97 bits per heavy atom. The second-order valence-corrected chi connectivity index (χ2v) is 7.98. The van der Waals surface area contributed by atoms with Crippen molar-refractivity contribution in [2.75, 3.05) is 7.11 Å². The van der Waals surface area contributed by atoms with Crippen LogP contribution in [0.3, 0.4) is 0 Å². The average Bonchev–Trinajstić information content (AvgIpc) is 3.51. The van der Waals surface area contributed by atoms with E-state index in [-0.39, 0.29) is 28.7 Å². The lowest BCUT2D eigenvalue weighted by Crippen LogP contribution is -2.27. The van der Waals surface area contributed by atoms with E-state index >= 15 is 0 Å². The molecule has 3 aromatic rings. The number of nitro benzene ring substituents is 1. The second-order valence-electron chi connectivity index (χ2n) is 6.98. The number of nitro groups is 1. The van der Waals surface area contributed by atoms with Gasteiger partial charge in [0.25, 0.3) is 16.8 Å². The average molecular weight is 468 g/mol. The smallest absolute Gasteiger partial charge is 0.373 e. The van der Waals surface area contributed by atoms with Crippen LogP contribution in [0, 0.1) is 17.0 Å². The number of hydrogen-bond donors (Lipinski definition) is 0. The van der Waals surface area contributed by atoms with E-state index in [4.69, 9.17) is 8.83 Å². The van der Waals surface area contributed by atoms with Crippen molar-refractivity contribution in [3.05, 3.63) is 80.3 Å². The molecule has 0 bridgehead atoms. The highest BCUT2D eigenvalue weighted by Crippen LogP contribution is 2.35. The Kier molecular flexibility index (Phi) is 5.88. The van der Waals surface area contributed by atoms with Crippen LogP contribution in [-0.2, 0) is 16.1 Å². The van der Waals surface area contributed by atoms with Crippen LogP contribution in [0.4, 0.5) is 10.5 Å². The summed E-state index contributed by atoms with van der Waals surface area (Å²) in [7, 11) is 1.21. The van der Waals surface area contributed by atoms with Gasteiger partial charge in [0, 0.05) is 23.8 Å². The summed E-state index contributed by atoms with van der Waals surface area (Å²) in [6, 6.07) is 10.6. The number of carbonyl (C=O) groups is 3. The van der Waals surface area contributed by atoms with Crippen LogP contribution < -0.4 is 0 Å². The third kappa shape index (κ3) is 4.44. The molecule has 168 valence electrons. The molecule has 4 rings (SSSR count). The standard InChI is InChI=1S/C22H16N2O8S/c1-12-3-4-13(24(28)29)9-16(12)17-7-5-14(31-17)10-19-20(25)23(22(27)33-19)11-15-6-8-18(32-15)21(26)30-2/h3-10H,11H2,1-2H3/b19-10+. The summed E-state index contributed by atoms with van der Waals surface area (Å²) in [5, 5.41) is 10.6. The van der Waals surface area contributed by atoms with Crippen LogP contribution in [0.15, 0.2) is 56.2 Å². The van der Waals surface area contributed by atoms with Crippen molar-refractivity contribution in [1.29, 1.82) is 0 Å². The van der Waals surface area contributed by atoms with Crippen molar-refractivity contribution in [2.24, 2.45) is 0 Å². The first kappa shape index (κ1) is 22.1. The first-order valence-corrected chi connectivity index (χ1v) is 10.4. The molecule has 0 spiro atoms. The topological polar surface area (TPSA) is 133 Å². The molecule has 1 saturated heterocycles. The van der Waals surface area contributed by atoms with Gasteiger partial charge in [-0.1, -0.05) is 6.07 Å². The molecule has 11 heteroatoms. The molecule has 1 fully saturated rings. The van der Waals surface area contributed by atoms with Gasteiger partial charge in [0.2, 0.25) is 5.76 Å². The Bertz CT molecular complexity index is 1320. The van der Waals surface area contributed by atoms with Crippen LogP contribution in [0.1, 0.15) is 27.6 Å². The summed E-state index contributed by atoms with van der Waals surface area (Å²) in [6.45, 7) is 1.65. The number of carbonyl (C=O) groups excluding carboxylic acids is 3. The Morgan fingerprint density at radius 1 is 1.18 bits per heavy atom. The predicted molar refractivity (Wildman–Crippen MR) is 117 cm³/mol. The minimum atomic E-state index is -0.664. The number of non-ortho nitro benzene ring substituents is 1. The summed E-state index contributed by atoms with van der Waals surface area (Å²) < 4.78 is 15.7. The summed E-state index contributed by atoms with van der Waals surface area (Å²) in [6.07, 6.45) is 1.43. The molecule has 1 aliphatic rings. The van der Waals surface area contributed by atoms with Crippen molar-refractivity contribution < 1.29 is 32.9 Å². The molecule has 2 aromatic heterocycles. The Morgan fingerprint density at radius 3 is 2.70 bits per heavy atom. The van der Waals surface area contributed by atoms with E-state index in [1.165, 1.54) is 37.5 Å². The van der Waals surface area contributed by atoms with Crippen LogP contribution in [-0.4, -0.2) is 34.0 Å². The first-order chi connectivity index (χ1) is 15.8. The Labute approximate surface area is 190 Å². The van der Waals surface area contributed by atoms with E-state index in [0.29, 0.717) is 17.1 Å². The number of aryl methyl sites for hydroxylation is 1. The second kappa shape index (κ2) is 8.79. The van der Waals surface area contributed by atoms with Gasteiger partial charge in [0.05, 0.1) is 23.5 Å². The minimum absolute atomic E-state index is 0.0328. The highest BCUT2D eigenvalue weighted by atomic mass is 32.2. The minimum Gasteiger partial charge on any atom is -0.463 e. The number of amides is 2. The number of benzene rings is 1. The van der Waals surface area contributed by atoms with Crippen molar-refractivity contribution in [3.63, 3.8) is 0 Å². The monoisotopic (exact) mass is 468 g/mol. The maximum Gasteiger partial charge on any atom is 0.373 e. The lowest BCUT2D eigenvalue weighted by molar-refractivity contribution is -0.384. The first-order valence-electron chi connectivity index (χ1n) is 9.54. The quantitative estimate of drug-likeness (QED) is 0.217. The van der Waals surface area contributed by atoms with Gasteiger partial charge in [-0.25, -0.2) is 4.79 Å². The molecule has 0 aliphatic carbocycles. The van der Waals surface area contributed by atoms with Crippen molar-refractivity contribution >= 4 is 40.6 Å². The van der Waals surface area contributed by atoms with Crippen molar-refractivity contribution in [3.8, 4) is 11.3 Å². The summed E-state index contributed by atoms with van der Waals surface area (Å²) in [5.74, 6) is -0.275. The molecular weight excluding hydrogens is 452 g/mol. The van der Waals surface area contributed by atoms with Gasteiger partial charge >= 0.3 is 5.97 Å². The lowest BCUT2D eigenvalue weighted by atomic mass is 10.1. The number of nitrogens with zero attached hydrogens (tertiary/aromatic N) is 2. The number of methoxy groups -OCH3 is 1. The third-order valence-corrected chi connectivity index (χ3v) is 5.74. The number of esters is 1. The molecule has 0 N–H and O–H groups in total. The maximum absolute atomic E-state index is 12.7. The van der Waals surface area contributed by atoms with Gasteiger partial charge in [-0.05, 0) is 48.5 Å². The fourth-order valence-electron chi connectivity index (χ4n) is 3.16. The zero-order valence-corrected chi connectivity index (χ0v) is 18.2. The van der Waals surface area contributed by atoms with Crippen molar-refractivity contribution in [2.45, 2.75) is 13.5 Å². The molecule has 3 heterocycles. The van der Waals surface area contributed by atoms with Gasteiger partial charge in [-0.2, -0.15) is 0 Å². The van der Waals surface area contributed by atoms with E-state index in [0.717, 1.165) is 22.2 Å². The van der Waals surface area contributed by atoms with E-state index in [2.05, 4.69) is 4.74 Å². The zero-order chi connectivity index (χ0) is 23.7. The molecule has 33 heavy (non-hydrogen) atoms. The van der Waals surface area contributed by atoms with Crippen LogP contribution in [0.2, 0.25) is 0 Å². The number of rotatable bonds is 6. The highest BCUT2D eigenvalue weighted by molar-refractivity contribution is 8.18. The maximum atomic E-state index is 12.7. The Balaban J connectivity index is 1.53. The molecule has 1 aliphatic heterocycles.